The van der Waals surface area contributed by atoms with Crippen LogP contribution in [0.4, 0.5) is 5.69 Å². The number of phenols is 1. The van der Waals surface area contributed by atoms with Gasteiger partial charge in [0.05, 0.1) is 5.25 Å². The van der Waals surface area contributed by atoms with Crippen LogP contribution in [-0.4, -0.2) is 27.3 Å². The molecule has 1 aromatic rings. The van der Waals surface area contributed by atoms with E-state index in [0.717, 1.165) is 12.8 Å². The Morgan fingerprint density at radius 1 is 1.23 bits per heavy atom. The van der Waals surface area contributed by atoms with E-state index in [1.54, 1.807) is 0 Å². The number of hydrogen-bond acceptors (Lipinski definition) is 4. The molecule has 0 spiro atoms. The molecule has 1 amide bonds. The van der Waals surface area contributed by atoms with Crippen molar-refractivity contribution in [2.75, 3.05) is 5.32 Å². The Labute approximate surface area is 136 Å². The maximum Gasteiger partial charge on any atom is 0.339 e. The number of carboxylic acid groups (broad SMARTS) is 1. The Balaban J connectivity index is 2.47. The van der Waals surface area contributed by atoms with Gasteiger partial charge in [0, 0.05) is 11.8 Å². The van der Waals surface area contributed by atoms with Crippen molar-refractivity contribution in [2.45, 2.75) is 50.7 Å². The second kappa shape index (κ2) is 9.35. The second-order valence-corrected chi connectivity index (χ2v) is 5.87. The number of thiol groups is 1. The molecule has 5 nitrogen and oxygen atoms in total. The average molecular weight is 325 g/mol. The minimum Gasteiger partial charge on any atom is -0.507 e. The van der Waals surface area contributed by atoms with Gasteiger partial charge in [0.1, 0.15) is 11.3 Å². The van der Waals surface area contributed by atoms with Crippen LogP contribution >= 0.6 is 12.6 Å². The van der Waals surface area contributed by atoms with E-state index >= 15 is 0 Å². The van der Waals surface area contributed by atoms with Crippen molar-refractivity contribution in [1.29, 1.82) is 0 Å². The van der Waals surface area contributed by atoms with Crippen molar-refractivity contribution >= 4 is 30.2 Å². The molecular formula is C16H23NO4S. The van der Waals surface area contributed by atoms with Gasteiger partial charge in [-0.3, -0.25) is 4.79 Å². The van der Waals surface area contributed by atoms with Crippen molar-refractivity contribution in [3.8, 4) is 5.75 Å². The molecule has 1 unspecified atom stereocenters. The molecule has 22 heavy (non-hydrogen) atoms. The van der Waals surface area contributed by atoms with Gasteiger partial charge in [0.2, 0.25) is 5.91 Å². The van der Waals surface area contributed by atoms with Gasteiger partial charge in [-0.05, 0) is 18.6 Å². The van der Waals surface area contributed by atoms with Crippen molar-refractivity contribution in [1.82, 2.24) is 0 Å². The van der Waals surface area contributed by atoms with Gasteiger partial charge < -0.3 is 15.5 Å². The van der Waals surface area contributed by atoms with Crippen LogP contribution in [0.25, 0.3) is 0 Å². The summed E-state index contributed by atoms with van der Waals surface area (Å²) in [5.74, 6) is -1.84. The van der Waals surface area contributed by atoms with Crippen molar-refractivity contribution in [3.05, 3.63) is 23.8 Å². The number of unbranched alkanes of at least 4 members (excludes halogenated alkanes) is 4. The molecule has 1 rings (SSSR count). The van der Waals surface area contributed by atoms with Crippen molar-refractivity contribution < 1.29 is 19.8 Å². The number of nitrogens with one attached hydrogen (secondary N) is 1. The third-order valence-corrected chi connectivity index (χ3v) is 3.87. The highest BCUT2D eigenvalue weighted by atomic mass is 32.1. The lowest BCUT2D eigenvalue weighted by molar-refractivity contribution is -0.115. The fraction of sp³-hybridized carbons (Fsp3) is 0.500. The average Bonchev–Trinajstić information content (AvgIpc) is 2.46. The molecule has 0 fully saturated rings. The van der Waals surface area contributed by atoms with Gasteiger partial charge in [-0.1, -0.05) is 39.0 Å². The maximum absolute atomic E-state index is 12.0. The Bertz CT molecular complexity index is 519. The molecule has 0 aliphatic heterocycles. The zero-order chi connectivity index (χ0) is 16.5. The molecule has 0 bridgehead atoms. The number of carbonyl (C=O) groups excluding carboxylic acids is 1. The highest BCUT2D eigenvalue weighted by Gasteiger charge is 2.15. The first-order chi connectivity index (χ1) is 10.5. The molecule has 6 heteroatoms. The Hall–Kier alpha value is -1.69. The number of aromatic carboxylic acids is 1. The van der Waals surface area contributed by atoms with Gasteiger partial charge in [-0.25, -0.2) is 4.79 Å². The number of hydrogen-bond donors (Lipinski definition) is 4. The monoisotopic (exact) mass is 325 g/mol. The first-order valence-corrected chi connectivity index (χ1v) is 8.02. The molecule has 0 aromatic heterocycles. The normalized spacial score (nSPS) is 11.9. The molecule has 122 valence electrons. The minimum absolute atomic E-state index is 0.198. The largest absolute Gasteiger partial charge is 0.507 e. The number of carboxylic acids is 1. The van der Waals surface area contributed by atoms with E-state index in [4.69, 9.17) is 5.11 Å². The molecule has 0 saturated carbocycles. The van der Waals surface area contributed by atoms with E-state index < -0.39 is 11.2 Å². The summed E-state index contributed by atoms with van der Waals surface area (Å²) in [6, 6.07) is 3.93. The van der Waals surface area contributed by atoms with Crippen LogP contribution in [0, 0.1) is 0 Å². The van der Waals surface area contributed by atoms with Crippen molar-refractivity contribution in [2.24, 2.45) is 0 Å². The molecule has 0 saturated heterocycles. The van der Waals surface area contributed by atoms with Gasteiger partial charge in [0.15, 0.2) is 0 Å². The lowest BCUT2D eigenvalue weighted by Gasteiger charge is -2.12. The van der Waals surface area contributed by atoms with Gasteiger partial charge >= 0.3 is 5.97 Å². The first-order valence-electron chi connectivity index (χ1n) is 7.51. The Kier molecular flexibility index (Phi) is 7.80. The summed E-state index contributed by atoms with van der Waals surface area (Å²) >= 11 is 4.29. The highest BCUT2D eigenvalue weighted by Crippen LogP contribution is 2.22. The molecule has 0 radical (unpaired) electrons. The topological polar surface area (TPSA) is 86.6 Å². The van der Waals surface area contributed by atoms with E-state index in [9.17, 15) is 14.7 Å². The number of carbonyl (C=O) groups is 2. The van der Waals surface area contributed by atoms with E-state index in [1.165, 1.54) is 37.5 Å². The quantitative estimate of drug-likeness (QED) is 0.412. The summed E-state index contributed by atoms with van der Waals surface area (Å²) in [7, 11) is 0. The Morgan fingerprint density at radius 3 is 2.50 bits per heavy atom. The van der Waals surface area contributed by atoms with Crippen LogP contribution in [0.2, 0.25) is 0 Å². The number of amides is 1. The third-order valence-electron chi connectivity index (χ3n) is 3.38. The maximum atomic E-state index is 12.0. The number of benzene rings is 1. The highest BCUT2D eigenvalue weighted by molar-refractivity contribution is 7.81. The van der Waals surface area contributed by atoms with Crippen LogP contribution < -0.4 is 5.32 Å². The molecule has 0 aliphatic rings. The SMILES string of the molecule is CCCCCCCC(S)C(=O)Nc1ccc(C(=O)O)c(O)c1. The molecule has 1 atom stereocenters. The summed E-state index contributed by atoms with van der Waals surface area (Å²) < 4.78 is 0. The first kappa shape index (κ1) is 18.4. The molecule has 1 aromatic carbocycles. The molecule has 3 N–H and O–H groups in total. The summed E-state index contributed by atoms with van der Waals surface area (Å²) in [4.78, 5) is 22.8. The van der Waals surface area contributed by atoms with Crippen LogP contribution in [0.3, 0.4) is 0 Å². The minimum atomic E-state index is -1.21. The van der Waals surface area contributed by atoms with Gasteiger partial charge in [-0.15, -0.1) is 0 Å². The summed E-state index contributed by atoms with van der Waals surface area (Å²) in [6.45, 7) is 2.15. The fourth-order valence-corrected chi connectivity index (χ4v) is 2.34. The molecule has 0 heterocycles. The predicted octanol–water partition coefficient (Wildman–Crippen LogP) is 3.69. The summed E-state index contributed by atoms with van der Waals surface area (Å²) in [5, 5.41) is 20.6. The van der Waals surface area contributed by atoms with Crippen LogP contribution in [-0.2, 0) is 4.79 Å². The second-order valence-electron chi connectivity index (χ2n) is 5.25. The van der Waals surface area contributed by atoms with Gasteiger partial charge in [0.25, 0.3) is 0 Å². The van der Waals surface area contributed by atoms with E-state index in [1.807, 2.05) is 0 Å². The zero-order valence-corrected chi connectivity index (χ0v) is 13.6. The van der Waals surface area contributed by atoms with Gasteiger partial charge in [-0.2, -0.15) is 12.6 Å². The number of aromatic hydroxyl groups is 1. The molecule has 0 aliphatic carbocycles. The van der Waals surface area contributed by atoms with E-state index in [0.29, 0.717) is 12.1 Å². The smallest absolute Gasteiger partial charge is 0.339 e. The number of rotatable bonds is 9. The lowest BCUT2D eigenvalue weighted by Crippen LogP contribution is -2.23. The third kappa shape index (κ3) is 5.97. The molecular weight excluding hydrogens is 302 g/mol. The standard InChI is InChI=1S/C16H23NO4S/c1-2-3-4-5-6-7-14(22)15(19)17-11-8-9-12(16(20)21)13(18)10-11/h8-10,14,18,22H,2-7H2,1H3,(H,17,19)(H,20,21). The summed E-state index contributed by atoms with van der Waals surface area (Å²) in [5.41, 5.74) is 0.161. The van der Waals surface area contributed by atoms with E-state index in [-0.39, 0.29) is 17.2 Å². The van der Waals surface area contributed by atoms with Crippen LogP contribution in [0.5, 0.6) is 5.75 Å². The predicted molar refractivity (Wildman–Crippen MR) is 89.8 cm³/mol. The van der Waals surface area contributed by atoms with Crippen LogP contribution in [0.1, 0.15) is 55.8 Å². The fourth-order valence-electron chi connectivity index (χ4n) is 2.09. The lowest BCUT2D eigenvalue weighted by atomic mass is 10.1. The summed E-state index contributed by atoms with van der Waals surface area (Å²) in [6.07, 6.45) is 6.29. The van der Waals surface area contributed by atoms with Crippen LogP contribution in [0.15, 0.2) is 18.2 Å². The van der Waals surface area contributed by atoms with Crippen molar-refractivity contribution in [3.63, 3.8) is 0 Å². The zero-order valence-electron chi connectivity index (χ0n) is 12.7. The van der Waals surface area contributed by atoms with E-state index in [2.05, 4.69) is 24.9 Å². The number of anilines is 1. The Morgan fingerprint density at radius 2 is 1.91 bits per heavy atom.